The summed E-state index contributed by atoms with van der Waals surface area (Å²) < 4.78 is 1.69. The van der Waals surface area contributed by atoms with Gasteiger partial charge in [-0.1, -0.05) is 12.1 Å². The van der Waals surface area contributed by atoms with Gasteiger partial charge in [-0.3, -0.25) is 4.68 Å². The maximum absolute atomic E-state index is 9.50. The molecular weight excluding hydrogens is 164 g/mol. The van der Waals surface area contributed by atoms with Gasteiger partial charge >= 0.3 is 0 Å². The highest BCUT2D eigenvalue weighted by Gasteiger charge is 2.04. The average molecular weight is 173 g/mol. The van der Waals surface area contributed by atoms with Crippen LogP contribution in [0.2, 0.25) is 0 Å². The molecule has 0 aliphatic carbocycles. The molecule has 1 N–H and O–H groups in total. The monoisotopic (exact) mass is 173 g/mol. The molecule has 0 saturated carbocycles. The molecule has 0 aliphatic heterocycles. The second kappa shape index (κ2) is 2.94. The molecule has 1 radical (unpaired) electrons. The zero-order chi connectivity index (χ0) is 9.26. The Hall–Kier alpha value is -1.77. The molecule has 0 saturated heterocycles. The Bertz CT molecular complexity index is 420. The molecule has 0 fully saturated rings. The summed E-state index contributed by atoms with van der Waals surface area (Å²) in [7, 11) is 1.84. The number of benzene rings is 1. The minimum Gasteiger partial charge on any atom is -0.507 e. The van der Waals surface area contributed by atoms with Gasteiger partial charge in [-0.15, -0.1) is 0 Å². The van der Waals surface area contributed by atoms with Gasteiger partial charge in [0, 0.05) is 24.4 Å². The molecule has 0 aliphatic rings. The van der Waals surface area contributed by atoms with Crippen LogP contribution in [0.5, 0.6) is 5.75 Å². The highest BCUT2D eigenvalue weighted by atomic mass is 16.3. The van der Waals surface area contributed by atoms with Crippen molar-refractivity contribution in [2.75, 3.05) is 0 Å². The van der Waals surface area contributed by atoms with Gasteiger partial charge in [0.15, 0.2) is 0 Å². The first-order valence-corrected chi connectivity index (χ1v) is 3.96. The maximum Gasteiger partial charge on any atom is 0.124 e. The predicted molar refractivity (Wildman–Crippen MR) is 49.1 cm³/mol. The van der Waals surface area contributed by atoms with E-state index in [9.17, 15) is 5.11 Å². The van der Waals surface area contributed by atoms with Crippen molar-refractivity contribution in [3.63, 3.8) is 0 Å². The van der Waals surface area contributed by atoms with Gasteiger partial charge < -0.3 is 5.11 Å². The van der Waals surface area contributed by atoms with Gasteiger partial charge in [0.1, 0.15) is 5.75 Å². The first-order valence-electron chi connectivity index (χ1n) is 3.96. The van der Waals surface area contributed by atoms with Crippen molar-refractivity contribution in [2.45, 2.75) is 0 Å². The SMILES string of the molecule is Cn1cc(-c2[c]cccc2O)cn1. The first kappa shape index (κ1) is 7.86. The lowest BCUT2D eigenvalue weighted by Crippen LogP contribution is -1.84. The minimum absolute atomic E-state index is 0.232. The number of phenols is 1. The second-order valence-electron chi connectivity index (χ2n) is 2.83. The lowest BCUT2D eigenvalue weighted by atomic mass is 10.1. The maximum atomic E-state index is 9.50. The smallest absolute Gasteiger partial charge is 0.124 e. The first-order chi connectivity index (χ1) is 6.27. The topological polar surface area (TPSA) is 38.0 Å². The van der Waals surface area contributed by atoms with Crippen molar-refractivity contribution in [3.05, 3.63) is 36.7 Å². The standard InChI is InChI=1S/C10H9N2O/c1-12-7-8(6-11-12)9-4-2-3-5-10(9)13/h2-3,5-7,13H,1H3. The predicted octanol–water partition coefficient (Wildman–Crippen LogP) is 1.59. The van der Waals surface area contributed by atoms with Crippen LogP contribution in [-0.4, -0.2) is 14.9 Å². The number of nitrogens with zero attached hydrogens (tertiary/aromatic N) is 2. The highest BCUT2D eigenvalue weighted by molar-refractivity contribution is 5.67. The molecule has 1 heterocycles. The lowest BCUT2D eigenvalue weighted by molar-refractivity contribution is 0.477. The third kappa shape index (κ3) is 1.40. The van der Waals surface area contributed by atoms with Crippen molar-refractivity contribution >= 4 is 0 Å². The summed E-state index contributed by atoms with van der Waals surface area (Å²) in [6.45, 7) is 0. The van der Waals surface area contributed by atoms with E-state index >= 15 is 0 Å². The molecule has 0 amide bonds. The Labute approximate surface area is 76.3 Å². The van der Waals surface area contributed by atoms with E-state index in [0.717, 1.165) is 5.56 Å². The van der Waals surface area contributed by atoms with Crippen LogP contribution >= 0.6 is 0 Å². The van der Waals surface area contributed by atoms with E-state index in [2.05, 4.69) is 11.2 Å². The van der Waals surface area contributed by atoms with Gasteiger partial charge in [0.25, 0.3) is 0 Å². The normalized spacial score (nSPS) is 10.2. The van der Waals surface area contributed by atoms with Crippen molar-refractivity contribution < 1.29 is 5.11 Å². The quantitative estimate of drug-likeness (QED) is 0.711. The van der Waals surface area contributed by atoms with E-state index in [1.807, 2.05) is 13.2 Å². The fraction of sp³-hybridized carbons (Fsp3) is 0.100. The summed E-state index contributed by atoms with van der Waals surface area (Å²) in [5, 5.41) is 13.5. The summed E-state index contributed by atoms with van der Waals surface area (Å²) in [6, 6.07) is 8.11. The average Bonchev–Trinajstić information content (AvgIpc) is 2.53. The molecule has 2 rings (SSSR count). The molecule has 0 atom stereocenters. The second-order valence-corrected chi connectivity index (χ2v) is 2.83. The van der Waals surface area contributed by atoms with Crippen molar-refractivity contribution in [2.24, 2.45) is 7.05 Å². The molecule has 0 bridgehead atoms. The molecule has 3 nitrogen and oxygen atoms in total. The van der Waals surface area contributed by atoms with E-state index in [0.29, 0.717) is 5.56 Å². The summed E-state index contributed by atoms with van der Waals surface area (Å²) in [6.07, 6.45) is 3.54. The fourth-order valence-corrected chi connectivity index (χ4v) is 1.21. The van der Waals surface area contributed by atoms with Crippen LogP contribution in [0.15, 0.2) is 30.6 Å². The molecule has 2 aromatic rings. The summed E-state index contributed by atoms with van der Waals surface area (Å²) in [5.41, 5.74) is 1.57. The lowest BCUT2D eigenvalue weighted by Gasteiger charge is -1.98. The van der Waals surface area contributed by atoms with Crippen molar-refractivity contribution in [1.29, 1.82) is 0 Å². The van der Waals surface area contributed by atoms with E-state index in [-0.39, 0.29) is 5.75 Å². The zero-order valence-electron chi connectivity index (χ0n) is 7.23. The molecular formula is C10H9N2O. The molecule has 0 unspecified atom stereocenters. The Morgan fingerprint density at radius 2 is 2.38 bits per heavy atom. The number of aromatic hydroxyl groups is 1. The van der Waals surface area contributed by atoms with Gasteiger partial charge in [-0.2, -0.15) is 5.10 Å². The number of aryl methyl sites for hydroxylation is 1. The van der Waals surface area contributed by atoms with Crippen LogP contribution < -0.4 is 0 Å². The number of hydrogen-bond donors (Lipinski definition) is 1. The van der Waals surface area contributed by atoms with Crippen molar-refractivity contribution in [3.8, 4) is 16.9 Å². The van der Waals surface area contributed by atoms with Crippen molar-refractivity contribution in [1.82, 2.24) is 9.78 Å². The van der Waals surface area contributed by atoms with Crippen LogP contribution in [-0.2, 0) is 7.05 Å². The number of rotatable bonds is 1. The van der Waals surface area contributed by atoms with E-state index in [1.54, 1.807) is 29.1 Å². The molecule has 3 heteroatoms. The number of aromatic nitrogens is 2. The fourth-order valence-electron chi connectivity index (χ4n) is 1.21. The molecule has 0 spiro atoms. The van der Waals surface area contributed by atoms with E-state index < -0.39 is 0 Å². The Kier molecular flexibility index (Phi) is 1.77. The summed E-state index contributed by atoms with van der Waals surface area (Å²) in [4.78, 5) is 0. The Morgan fingerprint density at radius 3 is 3.00 bits per heavy atom. The summed E-state index contributed by atoms with van der Waals surface area (Å²) in [5.74, 6) is 0.232. The van der Waals surface area contributed by atoms with Gasteiger partial charge in [0.2, 0.25) is 0 Å². The van der Waals surface area contributed by atoms with E-state index in [4.69, 9.17) is 0 Å². The highest BCUT2D eigenvalue weighted by Crippen LogP contribution is 2.26. The van der Waals surface area contributed by atoms with Gasteiger partial charge in [-0.25, -0.2) is 0 Å². The van der Waals surface area contributed by atoms with Crippen LogP contribution in [0.4, 0.5) is 0 Å². The van der Waals surface area contributed by atoms with Crippen LogP contribution in [0.1, 0.15) is 0 Å². The van der Waals surface area contributed by atoms with E-state index in [1.165, 1.54) is 0 Å². The molecule has 13 heavy (non-hydrogen) atoms. The van der Waals surface area contributed by atoms with Crippen LogP contribution in [0.3, 0.4) is 0 Å². The Morgan fingerprint density at radius 1 is 1.54 bits per heavy atom. The molecule has 1 aromatic carbocycles. The zero-order valence-corrected chi connectivity index (χ0v) is 7.23. The minimum atomic E-state index is 0.232. The third-order valence-corrected chi connectivity index (χ3v) is 1.83. The summed E-state index contributed by atoms with van der Waals surface area (Å²) >= 11 is 0. The molecule has 65 valence electrons. The van der Waals surface area contributed by atoms with Gasteiger partial charge in [-0.05, 0) is 12.1 Å². The van der Waals surface area contributed by atoms with Crippen LogP contribution in [0.25, 0.3) is 11.1 Å². The van der Waals surface area contributed by atoms with Crippen LogP contribution in [0, 0.1) is 6.07 Å². The Balaban J connectivity index is 2.52. The molecule has 1 aromatic heterocycles. The van der Waals surface area contributed by atoms with Gasteiger partial charge in [0.05, 0.1) is 6.20 Å². The number of hydrogen-bond acceptors (Lipinski definition) is 2. The third-order valence-electron chi connectivity index (χ3n) is 1.83. The number of phenolic OH excluding ortho intramolecular Hbond substituents is 1. The largest absolute Gasteiger partial charge is 0.507 e.